The van der Waals surface area contributed by atoms with E-state index in [1.165, 1.54) is 6.07 Å². The summed E-state index contributed by atoms with van der Waals surface area (Å²) >= 11 is 3.34. The van der Waals surface area contributed by atoms with Gasteiger partial charge in [-0.05, 0) is 29.8 Å². The summed E-state index contributed by atoms with van der Waals surface area (Å²) < 4.78 is 33.6. The van der Waals surface area contributed by atoms with Gasteiger partial charge in [-0.2, -0.15) is 0 Å². The summed E-state index contributed by atoms with van der Waals surface area (Å²) in [6.45, 7) is 0. The molecule has 21 heavy (non-hydrogen) atoms. The molecule has 0 spiro atoms. The third-order valence-electron chi connectivity index (χ3n) is 3.03. The Kier molecular flexibility index (Phi) is 3.47. The van der Waals surface area contributed by atoms with Crippen molar-refractivity contribution in [3.63, 3.8) is 0 Å². The molecular formula is C15H9BrF2N2O. The first-order chi connectivity index (χ1) is 10.1. The zero-order chi connectivity index (χ0) is 15.0. The van der Waals surface area contributed by atoms with Crippen molar-refractivity contribution in [3.8, 4) is 22.4 Å². The Morgan fingerprint density at radius 2 is 1.67 bits per heavy atom. The van der Waals surface area contributed by atoms with E-state index >= 15 is 0 Å². The normalized spacial score (nSPS) is 10.8. The van der Waals surface area contributed by atoms with Gasteiger partial charge in [-0.3, -0.25) is 0 Å². The molecule has 0 fully saturated rings. The number of rotatable bonds is 2. The summed E-state index contributed by atoms with van der Waals surface area (Å²) in [5.41, 5.74) is 6.57. The Balaban J connectivity index is 2.27. The van der Waals surface area contributed by atoms with Gasteiger partial charge in [0, 0.05) is 4.47 Å². The number of hydrogen-bond donors (Lipinski definition) is 1. The van der Waals surface area contributed by atoms with E-state index in [2.05, 4.69) is 21.1 Å². The fourth-order valence-electron chi connectivity index (χ4n) is 2.12. The van der Waals surface area contributed by atoms with Gasteiger partial charge in [0.1, 0.15) is 17.3 Å². The molecule has 0 atom stereocenters. The summed E-state index contributed by atoms with van der Waals surface area (Å²) in [6.07, 6.45) is 0. The first-order valence-electron chi connectivity index (χ1n) is 6.03. The second-order valence-electron chi connectivity index (χ2n) is 4.38. The average molecular weight is 351 g/mol. The van der Waals surface area contributed by atoms with Crippen LogP contribution in [0.15, 0.2) is 51.5 Å². The topological polar surface area (TPSA) is 52.0 Å². The third-order valence-corrected chi connectivity index (χ3v) is 3.52. The molecule has 0 aliphatic carbocycles. The van der Waals surface area contributed by atoms with Crippen LogP contribution >= 0.6 is 15.9 Å². The molecule has 3 aromatic rings. The number of halogens is 3. The molecule has 0 aliphatic rings. The van der Waals surface area contributed by atoms with Crippen LogP contribution in [0.1, 0.15) is 0 Å². The largest absolute Gasteiger partial charge is 0.367 e. The molecule has 0 aliphatic heterocycles. The van der Waals surface area contributed by atoms with E-state index in [-0.39, 0.29) is 17.1 Å². The summed E-state index contributed by atoms with van der Waals surface area (Å²) in [7, 11) is 0. The van der Waals surface area contributed by atoms with Gasteiger partial charge in [0.2, 0.25) is 5.88 Å². The Bertz CT molecular complexity index is 797. The maximum atomic E-state index is 13.9. The quantitative estimate of drug-likeness (QED) is 0.732. The summed E-state index contributed by atoms with van der Waals surface area (Å²) in [5, 5.41) is 3.72. The zero-order valence-corrected chi connectivity index (χ0v) is 12.2. The minimum Gasteiger partial charge on any atom is -0.367 e. The Morgan fingerprint density at radius 3 is 2.33 bits per heavy atom. The molecule has 3 rings (SSSR count). The molecule has 0 amide bonds. The summed E-state index contributed by atoms with van der Waals surface area (Å²) in [6, 6.07) is 10.8. The van der Waals surface area contributed by atoms with Crippen LogP contribution in [0, 0.1) is 11.6 Å². The molecule has 0 bridgehead atoms. The van der Waals surface area contributed by atoms with Crippen LogP contribution < -0.4 is 5.73 Å². The van der Waals surface area contributed by atoms with Crippen molar-refractivity contribution in [3.05, 3.63) is 58.6 Å². The molecule has 3 nitrogen and oxygen atoms in total. The predicted molar refractivity (Wildman–Crippen MR) is 79.4 cm³/mol. The van der Waals surface area contributed by atoms with Crippen LogP contribution in [-0.4, -0.2) is 5.16 Å². The second-order valence-corrected chi connectivity index (χ2v) is 5.29. The Morgan fingerprint density at radius 1 is 1.00 bits per heavy atom. The van der Waals surface area contributed by atoms with Crippen molar-refractivity contribution in [1.29, 1.82) is 0 Å². The highest BCUT2D eigenvalue weighted by atomic mass is 79.9. The number of nitrogen functional groups attached to an aromatic ring is 1. The Hall–Kier alpha value is -2.21. The lowest BCUT2D eigenvalue weighted by molar-refractivity contribution is 0.438. The monoisotopic (exact) mass is 350 g/mol. The first kappa shape index (κ1) is 13.8. The molecular weight excluding hydrogens is 342 g/mol. The van der Waals surface area contributed by atoms with Crippen LogP contribution in [0.2, 0.25) is 0 Å². The van der Waals surface area contributed by atoms with E-state index in [4.69, 9.17) is 10.3 Å². The minimum atomic E-state index is -0.723. The number of anilines is 1. The molecule has 1 heterocycles. The highest BCUT2D eigenvalue weighted by molar-refractivity contribution is 9.10. The van der Waals surface area contributed by atoms with Crippen LogP contribution in [0.4, 0.5) is 14.7 Å². The van der Waals surface area contributed by atoms with Gasteiger partial charge in [-0.15, -0.1) is 0 Å². The van der Waals surface area contributed by atoms with E-state index in [0.29, 0.717) is 11.1 Å². The maximum Gasteiger partial charge on any atom is 0.230 e. The molecule has 0 unspecified atom stereocenters. The van der Waals surface area contributed by atoms with Crippen molar-refractivity contribution in [1.82, 2.24) is 5.16 Å². The van der Waals surface area contributed by atoms with Crippen LogP contribution in [0.25, 0.3) is 22.4 Å². The average Bonchev–Trinajstić information content (AvgIpc) is 2.80. The zero-order valence-electron chi connectivity index (χ0n) is 10.6. The predicted octanol–water partition coefficient (Wildman–Crippen LogP) is 4.63. The SMILES string of the molecule is Nc1onc(-c2c(F)cccc2F)c1-c1cccc(Br)c1. The smallest absolute Gasteiger partial charge is 0.230 e. The van der Waals surface area contributed by atoms with E-state index in [0.717, 1.165) is 16.6 Å². The van der Waals surface area contributed by atoms with E-state index in [1.807, 2.05) is 6.07 Å². The number of benzene rings is 2. The van der Waals surface area contributed by atoms with Crippen molar-refractivity contribution >= 4 is 21.8 Å². The summed E-state index contributed by atoms with van der Waals surface area (Å²) in [4.78, 5) is 0. The number of hydrogen-bond acceptors (Lipinski definition) is 3. The lowest BCUT2D eigenvalue weighted by Crippen LogP contribution is -1.93. The van der Waals surface area contributed by atoms with Gasteiger partial charge in [-0.25, -0.2) is 8.78 Å². The maximum absolute atomic E-state index is 13.9. The number of nitrogens with zero attached hydrogens (tertiary/aromatic N) is 1. The first-order valence-corrected chi connectivity index (χ1v) is 6.82. The second kappa shape index (κ2) is 5.29. The lowest BCUT2D eigenvalue weighted by Gasteiger charge is -2.05. The van der Waals surface area contributed by atoms with E-state index < -0.39 is 11.6 Å². The summed E-state index contributed by atoms with van der Waals surface area (Å²) in [5.74, 6) is -1.44. The van der Waals surface area contributed by atoms with Crippen LogP contribution in [-0.2, 0) is 0 Å². The fourth-order valence-corrected chi connectivity index (χ4v) is 2.52. The van der Waals surface area contributed by atoms with Gasteiger partial charge < -0.3 is 10.3 Å². The molecule has 1 aromatic heterocycles. The van der Waals surface area contributed by atoms with Crippen LogP contribution in [0.5, 0.6) is 0 Å². The number of nitrogens with two attached hydrogens (primary N) is 1. The van der Waals surface area contributed by atoms with Crippen molar-refractivity contribution < 1.29 is 13.3 Å². The molecule has 0 saturated carbocycles. The van der Waals surface area contributed by atoms with Gasteiger partial charge in [0.05, 0.1) is 11.1 Å². The highest BCUT2D eigenvalue weighted by Crippen LogP contribution is 2.38. The van der Waals surface area contributed by atoms with Crippen LogP contribution in [0.3, 0.4) is 0 Å². The molecule has 0 radical (unpaired) electrons. The molecule has 2 N–H and O–H groups in total. The highest BCUT2D eigenvalue weighted by Gasteiger charge is 2.23. The van der Waals surface area contributed by atoms with Crippen molar-refractivity contribution in [2.24, 2.45) is 0 Å². The van der Waals surface area contributed by atoms with Gasteiger partial charge in [0.15, 0.2) is 0 Å². The number of aromatic nitrogens is 1. The lowest BCUT2D eigenvalue weighted by atomic mass is 10.0. The van der Waals surface area contributed by atoms with Crippen molar-refractivity contribution in [2.75, 3.05) is 5.73 Å². The van der Waals surface area contributed by atoms with Crippen molar-refractivity contribution in [2.45, 2.75) is 0 Å². The van der Waals surface area contributed by atoms with Gasteiger partial charge in [0.25, 0.3) is 0 Å². The fraction of sp³-hybridized carbons (Fsp3) is 0. The van der Waals surface area contributed by atoms with Gasteiger partial charge >= 0.3 is 0 Å². The molecule has 6 heteroatoms. The molecule has 106 valence electrons. The third kappa shape index (κ3) is 2.42. The minimum absolute atomic E-state index is 0.00533. The van der Waals surface area contributed by atoms with Gasteiger partial charge in [-0.1, -0.05) is 39.3 Å². The Labute approximate surface area is 127 Å². The molecule has 0 saturated heterocycles. The standard InChI is InChI=1S/C15H9BrF2N2O/c16-9-4-1-3-8(7-9)12-14(20-21-15(12)19)13-10(17)5-2-6-11(13)18/h1-7H,19H2. The van der Waals surface area contributed by atoms with E-state index in [1.54, 1.807) is 18.2 Å². The molecule has 2 aromatic carbocycles. The van der Waals surface area contributed by atoms with E-state index in [9.17, 15) is 8.78 Å².